The Morgan fingerprint density at radius 2 is 2.11 bits per heavy atom. The summed E-state index contributed by atoms with van der Waals surface area (Å²) in [6.07, 6.45) is 3.63. The molecule has 7 nitrogen and oxygen atoms in total. The van der Waals surface area contributed by atoms with E-state index in [2.05, 4.69) is 40.8 Å². The predicted molar refractivity (Wildman–Crippen MR) is 114 cm³/mol. The Hall–Kier alpha value is -3.19. The van der Waals surface area contributed by atoms with Gasteiger partial charge in [0.2, 0.25) is 5.96 Å². The number of rotatable bonds is 6. The van der Waals surface area contributed by atoms with E-state index >= 15 is 0 Å². The number of methoxy groups -OCH3 is 1. The topological polar surface area (TPSA) is 88.1 Å². The van der Waals surface area contributed by atoms with Gasteiger partial charge >= 0.3 is 0 Å². The first-order valence-electron chi connectivity index (χ1n) is 9.03. The van der Waals surface area contributed by atoms with Crippen LogP contribution in [0.15, 0.2) is 59.4 Å². The number of fused-ring (bicyclic) bond motifs is 1. The minimum absolute atomic E-state index is 0.246. The van der Waals surface area contributed by atoms with Crippen LogP contribution in [0.25, 0.3) is 5.70 Å². The van der Waals surface area contributed by atoms with Gasteiger partial charge in [0.05, 0.1) is 12.8 Å². The Balaban J connectivity index is 1.77. The van der Waals surface area contributed by atoms with E-state index in [0.717, 1.165) is 16.8 Å². The van der Waals surface area contributed by atoms with E-state index in [9.17, 15) is 0 Å². The summed E-state index contributed by atoms with van der Waals surface area (Å²) in [6.45, 7) is 10.9. The molecule has 2 aromatic rings. The van der Waals surface area contributed by atoms with Crippen molar-refractivity contribution in [3.05, 3.63) is 60.4 Å². The summed E-state index contributed by atoms with van der Waals surface area (Å²) in [5, 5.41) is 9.69. The highest BCUT2D eigenvalue weighted by atomic mass is 16.5. The third-order valence-electron chi connectivity index (χ3n) is 4.67. The number of nitrogens with zero attached hydrogens (tertiary/aromatic N) is 4. The maximum atomic E-state index is 6.15. The Bertz CT molecular complexity index is 933. The SMILES string of the molecule is C=C1c2cccc(OC)c2N=C(N)N1/N=C(\C)CNC(C)(C)c1cccnc1. The van der Waals surface area contributed by atoms with Gasteiger partial charge in [0.1, 0.15) is 11.4 Å². The molecule has 1 aliphatic rings. The van der Waals surface area contributed by atoms with E-state index in [1.54, 1.807) is 18.3 Å². The molecule has 3 N–H and O–H groups in total. The number of aromatic nitrogens is 1. The lowest BCUT2D eigenvalue weighted by molar-refractivity contribution is 0.415. The van der Waals surface area contributed by atoms with E-state index < -0.39 is 0 Å². The average molecular weight is 378 g/mol. The van der Waals surface area contributed by atoms with Gasteiger partial charge in [0.25, 0.3) is 0 Å². The van der Waals surface area contributed by atoms with Gasteiger partial charge in [-0.1, -0.05) is 24.8 Å². The first kappa shape index (κ1) is 19.6. The second-order valence-corrected chi connectivity index (χ2v) is 7.14. The molecule has 146 valence electrons. The van der Waals surface area contributed by atoms with Crippen LogP contribution >= 0.6 is 0 Å². The van der Waals surface area contributed by atoms with Gasteiger partial charge in [-0.05, 0) is 38.5 Å². The van der Waals surface area contributed by atoms with Crippen LogP contribution in [0, 0.1) is 0 Å². The Kier molecular flexibility index (Phi) is 5.46. The molecule has 1 aromatic heterocycles. The maximum absolute atomic E-state index is 6.15. The molecule has 1 aliphatic heterocycles. The molecule has 1 aromatic carbocycles. The van der Waals surface area contributed by atoms with Crippen molar-refractivity contribution in [3.8, 4) is 5.75 Å². The van der Waals surface area contributed by atoms with E-state index in [4.69, 9.17) is 10.5 Å². The van der Waals surface area contributed by atoms with Crippen LogP contribution < -0.4 is 15.8 Å². The van der Waals surface area contributed by atoms with Gasteiger partial charge in [0, 0.05) is 35.8 Å². The van der Waals surface area contributed by atoms with Gasteiger partial charge in [-0.3, -0.25) is 4.98 Å². The Labute approximate surface area is 165 Å². The third-order valence-corrected chi connectivity index (χ3v) is 4.67. The molecule has 0 unspecified atom stereocenters. The van der Waals surface area contributed by atoms with Crippen LogP contribution in [0.2, 0.25) is 0 Å². The molecule has 28 heavy (non-hydrogen) atoms. The van der Waals surface area contributed by atoms with Crippen LogP contribution in [0.4, 0.5) is 5.69 Å². The second-order valence-electron chi connectivity index (χ2n) is 7.14. The zero-order valence-corrected chi connectivity index (χ0v) is 16.7. The fraction of sp³-hybridized carbons (Fsp3) is 0.286. The van der Waals surface area contributed by atoms with Crippen LogP contribution in [0.3, 0.4) is 0 Å². The number of pyridine rings is 1. The number of guanidine groups is 1. The van der Waals surface area contributed by atoms with Gasteiger partial charge in [-0.15, -0.1) is 0 Å². The number of para-hydroxylation sites is 1. The van der Waals surface area contributed by atoms with Crippen molar-refractivity contribution >= 4 is 23.1 Å². The van der Waals surface area contributed by atoms with Crippen molar-refractivity contribution in [1.29, 1.82) is 0 Å². The summed E-state index contributed by atoms with van der Waals surface area (Å²) in [5.41, 5.74) is 10.0. The number of aliphatic imine (C=N–C) groups is 1. The van der Waals surface area contributed by atoms with Gasteiger partial charge in [0.15, 0.2) is 0 Å². The molecule has 0 fully saturated rings. The number of ether oxygens (including phenoxy) is 1. The zero-order valence-electron chi connectivity index (χ0n) is 16.7. The molecule has 0 amide bonds. The molecular weight excluding hydrogens is 352 g/mol. The van der Waals surface area contributed by atoms with Gasteiger partial charge in [-0.25, -0.2) is 10.0 Å². The molecule has 2 heterocycles. The monoisotopic (exact) mass is 378 g/mol. The highest BCUT2D eigenvalue weighted by molar-refractivity contribution is 5.98. The summed E-state index contributed by atoms with van der Waals surface area (Å²) in [4.78, 5) is 8.65. The minimum atomic E-state index is -0.246. The summed E-state index contributed by atoms with van der Waals surface area (Å²) >= 11 is 0. The highest BCUT2D eigenvalue weighted by Crippen LogP contribution is 2.39. The van der Waals surface area contributed by atoms with E-state index in [1.165, 1.54) is 0 Å². The molecule has 0 aliphatic carbocycles. The standard InChI is InChI=1S/C21H26N6O/c1-14(12-24-21(3,4)16-8-7-11-23-13-16)26-27-15(2)17-9-6-10-18(28-5)19(17)25-20(27)22/h6-11,13,24H,2,12H2,1,3-5H3,(H2,22,25)/b26-14+. The largest absolute Gasteiger partial charge is 0.494 e. The summed E-state index contributed by atoms with van der Waals surface area (Å²) in [5.74, 6) is 0.912. The molecule has 0 atom stereocenters. The molecular formula is C21H26N6O. The van der Waals surface area contributed by atoms with Crippen molar-refractivity contribution in [3.63, 3.8) is 0 Å². The summed E-state index contributed by atoms with van der Waals surface area (Å²) in [6, 6.07) is 9.65. The average Bonchev–Trinajstić information content (AvgIpc) is 2.70. The van der Waals surface area contributed by atoms with Crippen LogP contribution in [-0.4, -0.2) is 35.3 Å². The lowest BCUT2D eigenvalue weighted by atomic mass is 9.96. The first-order valence-corrected chi connectivity index (χ1v) is 9.03. The van der Waals surface area contributed by atoms with Crippen molar-refractivity contribution in [2.45, 2.75) is 26.3 Å². The normalized spacial score (nSPS) is 14.6. The summed E-state index contributed by atoms with van der Waals surface area (Å²) in [7, 11) is 1.61. The smallest absolute Gasteiger partial charge is 0.222 e. The van der Waals surface area contributed by atoms with Crippen LogP contribution in [0.5, 0.6) is 5.75 Å². The van der Waals surface area contributed by atoms with Gasteiger partial charge in [-0.2, -0.15) is 5.10 Å². The number of hydrogen-bond acceptors (Lipinski definition) is 7. The number of benzene rings is 1. The Morgan fingerprint density at radius 1 is 1.32 bits per heavy atom. The quantitative estimate of drug-likeness (QED) is 0.754. The van der Waals surface area contributed by atoms with Crippen molar-refractivity contribution < 1.29 is 4.74 Å². The van der Waals surface area contributed by atoms with Crippen molar-refractivity contribution in [1.82, 2.24) is 15.3 Å². The fourth-order valence-electron chi connectivity index (χ4n) is 2.95. The minimum Gasteiger partial charge on any atom is -0.494 e. The number of nitrogens with one attached hydrogen (secondary N) is 1. The zero-order chi connectivity index (χ0) is 20.3. The van der Waals surface area contributed by atoms with Crippen LogP contribution in [-0.2, 0) is 5.54 Å². The molecule has 7 heteroatoms. The molecule has 0 radical (unpaired) electrons. The van der Waals surface area contributed by atoms with Gasteiger partial charge < -0.3 is 15.8 Å². The van der Waals surface area contributed by atoms with Crippen molar-refractivity contribution in [2.75, 3.05) is 13.7 Å². The van der Waals surface area contributed by atoms with E-state index in [-0.39, 0.29) is 11.5 Å². The first-order chi connectivity index (χ1) is 13.3. The number of hydrogen-bond donors (Lipinski definition) is 2. The van der Waals surface area contributed by atoms with E-state index in [1.807, 2.05) is 43.5 Å². The third kappa shape index (κ3) is 3.89. The highest BCUT2D eigenvalue weighted by Gasteiger charge is 2.25. The molecule has 0 bridgehead atoms. The molecule has 0 saturated carbocycles. The molecule has 0 saturated heterocycles. The Morgan fingerprint density at radius 3 is 2.79 bits per heavy atom. The molecule has 3 rings (SSSR count). The lowest BCUT2D eigenvalue weighted by Crippen LogP contribution is -2.40. The van der Waals surface area contributed by atoms with Crippen molar-refractivity contribution in [2.24, 2.45) is 15.8 Å². The number of nitrogens with two attached hydrogens (primary N) is 1. The van der Waals surface area contributed by atoms with Crippen LogP contribution in [0.1, 0.15) is 31.9 Å². The number of hydrazone groups is 1. The maximum Gasteiger partial charge on any atom is 0.222 e. The second kappa shape index (κ2) is 7.82. The lowest BCUT2D eigenvalue weighted by Gasteiger charge is -2.29. The molecule has 0 spiro atoms. The summed E-state index contributed by atoms with van der Waals surface area (Å²) < 4.78 is 5.37. The van der Waals surface area contributed by atoms with E-state index in [0.29, 0.717) is 23.7 Å². The predicted octanol–water partition coefficient (Wildman–Crippen LogP) is 3.22. The fourth-order valence-corrected chi connectivity index (χ4v) is 2.95.